The zero-order valence-corrected chi connectivity index (χ0v) is 11.7. The van der Waals surface area contributed by atoms with Crippen molar-refractivity contribution in [3.05, 3.63) is 54.0 Å². The molecule has 0 aliphatic rings. The first-order valence-electron chi connectivity index (χ1n) is 6.67. The summed E-state index contributed by atoms with van der Waals surface area (Å²) in [7, 11) is 0. The van der Waals surface area contributed by atoms with Crippen LogP contribution in [0.3, 0.4) is 0 Å². The molecular formula is C15H18N4O2. The largest absolute Gasteiger partial charge is 0.391 e. The molecule has 2 unspecified atom stereocenters. The maximum atomic E-state index is 12.0. The van der Waals surface area contributed by atoms with E-state index in [1.54, 1.807) is 6.92 Å². The van der Waals surface area contributed by atoms with E-state index < -0.39 is 18.1 Å². The first kappa shape index (κ1) is 14.9. The Hall–Kier alpha value is -2.47. The molecule has 1 amide bonds. The molecular weight excluding hydrogens is 268 g/mol. The first-order chi connectivity index (χ1) is 10.1. The van der Waals surface area contributed by atoms with E-state index in [1.807, 2.05) is 30.3 Å². The van der Waals surface area contributed by atoms with Crippen LogP contribution in [0.25, 0.3) is 0 Å². The summed E-state index contributed by atoms with van der Waals surface area (Å²) in [6, 6.07) is 9.16. The Balaban J connectivity index is 1.96. The van der Waals surface area contributed by atoms with Gasteiger partial charge in [-0.05, 0) is 12.5 Å². The minimum absolute atomic E-state index is 0.0660. The van der Waals surface area contributed by atoms with Crippen LogP contribution in [0.15, 0.2) is 42.7 Å². The lowest BCUT2D eigenvalue weighted by molar-refractivity contribution is 0.0847. The Kier molecular flexibility index (Phi) is 4.84. The average Bonchev–Trinajstić information content (AvgIpc) is 2.48. The Morgan fingerprint density at radius 1 is 1.29 bits per heavy atom. The van der Waals surface area contributed by atoms with Gasteiger partial charge in [-0.15, -0.1) is 0 Å². The van der Waals surface area contributed by atoms with Crippen molar-refractivity contribution in [2.24, 2.45) is 0 Å². The lowest BCUT2D eigenvalue weighted by Crippen LogP contribution is -2.42. The second kappa shape index (κ2) is 6.81. The van der Waals surface area contributed by atoms with Gasteiger partial charge in [0.15, 0.2) is 11.5 Å². The molecule has 0 aliphatic heterocycles. The third kappa shape index (κ3) is 4.00. The fourth-order valence-electron chi connectivity index (χ4n) is 1.93. The van der Waals surface area contributed by atoms with Crippen molar-refractivity contribution < 1.29 is 9.90 Å². The lowest BCUT2D eigenvalue weighted by atomic mass is 10.0. The second-order valence-electron chi connectivity index (χ2n) is 4.81. The minimum atomic E-state index is -0.700. The van der Waals surface area contributed by atoms with Gasteiger partial charge in [0.1, 0.15) is 0 Å². The molecule has 2 aromatic rings. The fraction of sp³-hybridized carbons (Fsp3) is 0.267. The molecule has 0 spiro atoms. The molecule has 1 heterocycles. The molecule has 2 atom stereocenters. The highest BCUT2D eigenvalue weighted by molar-refractivity contribution is 5.96. The summed E-state index contributed by atoms with van der Waals surface area (Å²) in [4.78, 5) is 19.7. The topological polar surface area (TPSA) is 101 Å². The van der Waals surface area contributed by atoms with E-state index in [9.17, 15) is 9.90 Å². The molecule has 1 aromatic heterocycles. The molecule has 0 saturated carbocycles. The number of hydrogen-bond donors (Lipinski definition) is 3. The van der Waals surface area contributed by atoms with Gasteiger partial charge in [0.05, 0.1) is 12.1 Å². The second-order valence-corrected chi connectivity index (χ2v) is 4.81. The van der Waals surface area contributed by atoms with Crippen LogP contribution in [0.4, 0.5) is 5.82 Å². The van der Waals surface area contributed by atoms with E-state index >= 15 is 0 Å². The van der Waals surface area contributed by atoms with Gasteiger partial charge in [0.25, 0.3) is 5.91 Å². The van der Waals surface area contributed by atoms with Crippen LogP contribution in [0.2, 0.25) is 0 Å². The third-order valence-corrected chi connectivity index (χ3v) is 3.17. The van der Waals surface area contributed by atoms with Crippen molar-refractivity contribution in [1.82, 2.24) is 15.3 Å². The van der Waals surface area contributed by atoms with Gasteiger partial charge in [-0.25, -0.2) is 9.97 Å². The maximum absolute atomic E-state index is 12.0. The van der Waals surface area contributed by atoms with Crippen LogP contribution >= 0.6 is 0 Å². The van der Waals surface area contributed by atoms with Crippen LogP contribution in [0, 0.1) is 0 Å². The number of carbonyl (C=O) groups excluding carboxylic acids is 1. The van der Waals surface area contributed by atoms with Crippen molar-refractivity contribution in [1.29, 1.82) is 0 Å². The number of rotatable bonds is 5. The summed E-state index contributed by atoms with van der Waals surface area (Å²) in [6.45, 7) is 1.73. The summed E-state index contributed by atoms with van der Waals surface area (Å²) in [5, 5.41) is 12.8. The number of nitrogens with two attached hydrogens (primary N) is 1. The minimum Gasteiger partial charge on any atom is -0.391 e. The summed E-state index contributed by atoms with van der Waals surface area (Å²) in [5.74, 6) is -0.375. The van der Waals surface area contributed by atoms with Gasteiger partial charge >= 0.3 is 0 Å². The number of aliphatic hydroxyl groups excluding tert-OH is 1. The van der Waals surface area contributed by atoms with Crippen molar-refractivity contribution in [3.63, 3.8) is 0 Å². The van der Waals surface area contributed by atoms with Crippen LogP contribution in [-0.2, 0) is 6.42 Å². The first-order valence-corrected chi connectivity index (χ1v) is 6.67. The van der Waals surface area contributed by atoms with Crippen molar-refractivity contribution in [2.75, 3.05) is 5.73 Å². The van der Waals surface area contributed by atoms with Crippen molar-refractivity contribution in [3.8, 4) is 0 Å². The highest BCUT2D eigenvalue weighted by Gasteiger charge is 2.20. The predicted molar refractivity (Wildman–Crippen MR) is 79.5 cm³/mol. The van der Waals surface area contributed by atoms with Gasteiger partial charge < -0.3 is 16.2 Å². The Bertz CT molecular complexity index is 604. The normalized spacial score (nSPS) is 13.4. The highest BCUT2D eigenvalue weighted by atomic mass is 16.3. The molecule has 0 radical (unpaired) electrons. The number of aliphatic hydroxyl groups is 1. The number of amides is 1. The molecule has 0 bridgehead atoms. The van der Waals surface area contributed by atoms with Gasteiger partial charge in [0.2, 0.25) is 0 Å². The molecule has 6 nitrogen and oxygen atoms in total. The zero-order valence-electron chi connectivity index (χ0n) is 11.7. The maximum Gasteiger partial charge on any atom is 0.274 e. The fourth-order valence-corrected chi connectivity index (χ4v) is 1.93. The SMILES string of the molecule is CC(NC(=O)c1nccnc1N)C(O)Cc1ccccc1. The molecule has 0 fully saturated rings. The van der Waals surface area contributed by atoms with Crippen molar-refractivity contribution >= 4 is 11.7 Å². The van der Waals surface area contributed by atoms with Crippen LogP contribution in [-0.4, -0.2) is 33.1 Å². The number of carbonyl (C=O) groups is 1. The van der Waals surface area contributed by atoms with Gasteiger partial charge in [0, 0.05) is 18.8 Å². The molecule has 21 heavy (non-hydrogen) atoms. The number of benzene rings is 1. The number of nitrogen functional groups attached to an aromatic ring is 1. The number of anilines is 1. The molecule has 2 rings (SSSR count). The average molecular weight is 286 g/mol. The van der Waals surface area contributed by atoms with E-state index in [-0.39, 0.29) is 11.5 Å². The Labute approximate surface area is 123 Å². The van der Waals surface area contributed by atoms with Crippen LogP contribution in [0.1, 0.15) is 23.0 Å². The number of hydrogen-bond acceptors (Lipinski definition) is 5. The summed E-state index contributed by atoms with van der Waals surface area (Å²) in [5.41, 5.74) is 6.67. The van der Waals surface area contributed by atoms with Gasteiger partial charge in [-0.2, -0.15) is 0 Å². The third-order valence-electron chi connectivity index (χ3n) is 3.17. The van der Waals surface area contributed by atoms with E-state index in [1.165, 1.54) is 12.4 Å². The molecule has 6 heteroatoms. The van der Waals surface area contributed by atoms with Gasteiger partial charge in [-0.1, -0.05) is 30.3 Å². The monoisotopic (exact) mass is 286 g/mol. The standard InChI is InChI=1S/C15H18N4O2/c1-10(12(20)9-11-5-3-2-4-6-11)19-15(21)13-14(16)18-8-7-17-13/h2-8,10,12,20H,9H2,1H3,(H2,16,18)(H,19,21). The summed E-state index contributed by atoms with van der Waals surface area (Å²) < 4.78 is 0. The Morgan fingerprint density at radius 3 is 2.62 bits per heavy atom. The molecule has 4 N–H and O–H groups in total. The van der Waals surface area contributed by atoms with E-state index in [0.29, 0.717) is 6.42 Å². The lowest BCUT2D eigenvalue weighted by Gasteiger charge is -2.20. The van der Waals surface area contributed by atoms with E-state index in [4.69, 9.17) is 5.73 Å². The molecule has 110 valence electrons. The highest BCUT2D eigenvalue weighted by Crippen LogP contribution is 2.08. The molecule has 1 aromatic carbocycles. The van der Waals surface area contributed by atoms with Crippen LogP contribution < -0.4 is 11.1 Å². The summed E-state index contributed by atoms with van der Waals surface area (Å²) in [6.07, 6.45) is 2.57. The summed E-state index contributed by atoms with van der Waals surface area (Å²) >= 11 is 0. The number of aromatic nitrogens is 2. The number of nitrogens with one attached hydrogen (secondary N) is 1. The quantitative estimate of drug-likeness (QED) is 0.754. The number of nitrogens with zero attached hydrogens (tertiary/aromatic N) is 2. The van der Waals surface area contributed by atoms with Crippen LogP contribution in [0.5, 0.6) is 0 Å². The predicted octanol–water partition coefficient (Wildman–Crippen LogP) is 0.781. The van der Waals surface area contributed by atoms with Gasteiger partial charge in [-0.3, -0.25) is 4.79 Å². The Morgan fingerprint density at radius 2 is 1.95 bits per heavy atom. The zero-order chi connectivity index (χ0) is 15.2. The molecule has 0 aliphatic carbocycles. The molecule has 0 saturated heterocycles. The van der Waals surface area contributed by atoms with Crippen molar-refractivity contribution in [2.45, 2.75) is 25.5 Å². The smallest absolute Gasteiger partial charge is 0.274 e. The van der Waals surface area contributed by atoms with E-state index in [0.717, 1.165) is 5.56 Å². The van der Waals surface area contributed by atoms with E-state index in [2.05, 4.69) is 15.3 Å².